The van der Waals surface area contributed by atoms with Crippen molar-refractivity contribution < 1.29 is 17.9 Å². The Balaban J connectivity index is 1.90. The van der Waals surface area contributed by atoms with Crippen molar-refractivity contribution >= 4 is 15.9 Å². The third kappa shape index (κ3) is 3.36. The average Bonchev–Trinajstić information content (AvgIpc) is 3.34. The van der Waals surface area contributed by atoms with Crippen LogP contribution in [0.4, 0.5) is 0 Å². The molecule has 2 fully saturated rings. The van der Waals surface area contributed by atoms with E-state index in [1.165, 1.54) is 19.2 Å². The number of sulfonamides is 1. The number of hydrogen-bond acceptors (Lipinski definition) is 4. The minimum atomic E-state index is -3.66. The molecule has 114 valence electrons. The highest BCUT2D eigenvalue weighted by Gasteiger charge is 2.31. The molecular formula is C14H18N2O4S. The lowest BCUT2D eigenvalue weighted by atomic mass is 10.2. The van der Waals surface area contributed by atoms with Crippen molar-refractivity contribution in [1.82, 2.24) is 10.0 Å². The number of methoxy groups -OCH3 is 1. The molecule has 2 N–H and O–H groups in total. The van der Waals surface area contributed by atoms with Gasteiger partial charge in [-0.25, -0.2) is 13.1 Å². The van der Waals surface area contributed by atoms with E-state index in [2.05, 4.69) is 10.0 Å². The van der Waals surface area contributed by atoms with Gasteiger partial charge in [-0.15, -0.1) is 0 Å². The number of carbonyl (C=O) groups is 1. The van der Waals surface area contributed by atoms with Gasteiger partial charge >= 0.3 is 0 Å². The van der Waals surface area contributed by atoms with Crippen LogP contribution < -0.4 is 14.8 Å². The summed E-state index contributed by atoms with van der Waals surface area (Å²) in [4.78, 5) is 12.1. The third-order valence-electron chi connectivity index (χ3n) is 3.53. The molecule has 3 rings (SSSR count). The zero-order valence-corrected chi connectivity index (χ0v) is 12.6. The van der Waals surface area contributed by atoms with E-state index in [0.717, 1.165) is 25.7 Å². The van der Waals surface area contributed by atoms with Gasteiger partial charge in [0.1, 0.15) is 10.6 Å². The fourth-order valence-corrected chi connectivity index (χ4v) is 3.51. The first kappa shape index (κ1) is 14.3. The van der Waals surface area contributed by atoms with E-state index in [9.17, 15) is 13.2 Å². The van der Waals surface area contributed by atoms with Crippen LogP contribution in [0.3, 0.4) is 0 Å². The molecule has 0 atom stereocenters. The summed E-state index contributed by atoms with van der Waals surface area (Å²) in [6, 6.07) is 4.70. The van der Waals surface area contributed by atoms with E-state index >= 15 is 0 Å². The van der Waals surface area contributed by atoms with Crippen molar-refractivity contribution in [3.8, 4) is 5.75 Å². The molecule has 21 heavy (non-hydrogen) atoms. The Morgan fingerprint density at radius 2 is 1.86 bits per heavy atom. The predicted octanol–water partition coefficient (Wildman–Crippen LogP) is 1.03. The van der Waals surface area contributed by atoms with E-state index in [1.807, 2.05) is 0 Å². The van der Waals surface area contributed by atoms with E-state index in [0.29, 0.717) is 5.56 Å². The van der Waals surface area contributed by atoms with Gasteiger partial charge in [-0.1, -0.05) is 0 Å². The molecule has 0 bridgehead atoms. The number of carbonyl (C=O) groups excluding carboxylic acids is 1. The van der Waals surface area contributed by atoms with Crippen LogP contribution in [0.15, 0.2) is 23.1 Å². The molecule has 0 radical (unpaired) electrons. The Bertz CT molecular complexity index is 664. The number of nitrogens with one attached hydrogen (secondary N) is 2. The zero-order chi connectivity index (χ0) is 15.0. The number of ether oxygens (including phenoxy) is 1. The van der Waals surface area contributed by atoms with Gasteiger partial charge < -0.3 is 10.1 Å². The molecule has 2 aliphatic rings. The summed E-state index contributed by atoms with van der Waals surface area (Å²) in [5, 5.41) is 2.84. The van der Waals surface area contributed by atoms with Gasteiger partial charge in [-0.3, -0.25) is 4.79 Å². The highest BCUT2D eigenvalue weighted by atomic mass is 32.2. The molecule has 0 saturated heterocycles. The summed E-state index contributed by atoms with van der Waals surface area (Å²) in [5.74, 6) is -0.00542. The van der Waals surface area contributed by atoms with Crippen LogP contribution in [0.25, 0.3) is 0 Å². The molecule has 0 heterocycles. The molecular weight excluding hydrogens is 292 g/mol. The molecule has 1 aromatic carbocycles. The fraction of sp³-hybridized carbons (Fsp3) is 0.500. The third-order valence-corrected chi connectivity index (χ3v) is 5.07. The zero-order valence-electron chi connectivity index (χ0n) is 11.8. The van der Waals surface area contributed by atoms with Crippen molar-refractivity contribution in [3.63, 3.8) is 0 Å². The van der Waals surface area contributed by atoms with Crippen LogP contribution in [0.1, 0.15) is 36.0 Å². The van der Waals surface area contributed by atoms with Gasteiger partial charge in [0.05, 0.1) is 7.11 Å². The molecule has 0 unspecified atom stereocenters. The second-order valence-corrected chi connectivity index (χ2v) is 7.19. The molecule has 0 aromatic heterocycles. The number of amides is 1. The van der Waals surface area contributed by atoms with Gasteiger partial charge in [0, 0.05) is 17.6 Å². The van der Waals surface area contributed by atoms with Crippen LogP contribution >= 0.6 is 0 Å². The number of benzene rings is 1. The lowest BCUT2D eigenvalue weighted by Crippen LogP contribution is -2.28. The number of rotatable bonds is 6. The van der Waals surface area contributed by atoms with Crippen LogP contribution in [0.5, 0.6) is 5.75 Å². The van der Waals surface area contributed by atoms with Crippen LogP contribution in [-0.2, 0) is 10.0 Å². The van der Waals surface area contributed by atoms with Gasteiger partial charge in [-0.05, 0) is 43.9 Å². The molecule has 6 nitrogen and oxygen atoms in total. The molecule has 2 aliphatic carbocycles. The number of hydrogen-bond donors (Lipinski definition) is 2. The fourth-order valence-electron chi connectivity index (χ4n) is 2.01. The van der Waals surface area contributed by atoms with Crippen molar-refractivity contribution in [2.24, 2.45) is 0 Å². The second kappa shape index (κ2) is 5.31. The summed E-state index contributed by atoms with van der Waals surface area (Å²) in [6.45, 7) is 0. The van der Waals surface area contributed by atoms with E-state index < -0.39 is 10.0 Å². The average molecular weight is 310 g/mol. The standard InChI is InChI=1S/C14H18N2O4S/c1-20-12-7-2-9(14(17)15-10-3-4-10)8-13(12)21(18,19)16-11-5-6-11/h2,7-8,10-11,16H,3-6H2,1H3,(H,15,17). The minimum Gasteiger partial charge on any atom is -0.495 e. The molecule has 7 heteroatoms. The van der Waals surface area contributed by atoms with Crippen LogP contribution in [0, 0.1) is 0 Å². The Morgan fingerprint density at radius 3 is 2.43 bits per heavy atom. The molecule has 1 amide bonds. The summed E-state index contributed by atoms with van der Waals surface area (Å²) < 4.78 is 32.4. The maximum Gasteiger partial charge on any atom is 0.251 e. The summed E-state index contributed by atoms with van der Waals surface area (Å²) in [6.07, 6.45) is 3.67. The van der Waals surface area contributed by atoms with Crippen LogP contribution in [0.2, 0.25) is 0 Å². The van der Waals surface area contributed by atoms with Crippen molar-refractivity contribution in [3.05, 3.63) is 23.8 Å². The summed E-state index contributed by atoms with van der Waals surface area (Å²) in [5.41, 5.74) is 0.332. The van der Waals surface area contributed by atoms with Gasteiger partial charge in [0.25, 0.3) is 5.91 Å². The SMILES string of the molecule is COc1ccc(C(=O)NC2CC2)cc1S(=O)(=O)NC1CC1. The molecule has 0 spiro atoms. The van der Waals surface area contributed by atoms with Gasteiger partial charge in [0.15, 0.2) is 0 Å². The van der Waals surface area contributed by atoms with Crippen LogP contribution in [-0.4, -0.2) is 33.5 Å². The Morgan fingerprint density at radius 1 is 1.19 bits per heavy atom. The molecule has 0 aliphatic heterocycles. The minimum absolute atomic E-state index is 0.00338. The van der Waals surface area contributed by atoms with Gasteiger partial charge in [-0.2, -0.15) is 0 Å². The molecule has 1 aromatic rings. The highest BCUT2D eigenvalue weighted by Crippen LogP contribution is 2.28. The predicted molar refractivity (Wildman–Crippen MR) is 76.8 cm³/mol. The second-order valence-electron chi connectivity index (χ2n) is 5.51. The normalized spacial score (nSPS) is 18.3. The smallest absolute Gasteiger partial charge is 0.251 e. The maximum absolute atomic E-state index is 12.3. The Hall–Kier alpha value is -1.60. The first-order valence-electron chi connectivity index (χ1n) is 7.01. The topological polar surface area (TPSA) is 84.5 Å². The van der Waals surface area contributed by atoms with E-state index in [4.69, 9.17) is 4.74 Å². The highest BCUT2D eigenvalue weighted by molar-refractivity contribution is 7.89. The first-order valence-corrected chi connectivity index (χ1v) is 8.49. The Labute approximate surface area is 123 Å². The van der Waals surface area contributed by atoms with Crippen molar-refractivity contribution in [2.75, 3.05) is 7.11 Å². The van der Waals surface area contributed by atoms with Crippen molar-refractivity contribution in [2.45, 2.75) is 42.7 Å². The van der Waals surface area contributed by atoms with E-state index in [-0.39, 0.29) is 28.6 Å². The summed E-state index contributed by atoms with van der Waals surface area (Å²) in [7, 11) is -2.25. The monoisotopic (exact) mass is 310 g/mol. The Kier molecular flexibility index (Phi) is 3.62. The first-order chi connectivity index (χ1) is 9.99. The van der Waals surface area contributed by atoms with E-state index in [1.54, 1.807) is 6.07 Å². The maximum atomic E-state index is 12.3. The quantitative estimate of drug-likeness (QED) is 0.822. The van der Waals surface area contributed by atoms with Crippen molar-refractivity contribution in [1.29, 1.82) is 0 Å². The lowest BCUT2D eigenvalue weighted by molar-refractivity contribution is 0.0951. The van der Waals surface area contributed by atoms with Gasteiger partial charge in [0.2, 0.25) is 10.0 Å². The summed E-state index contributed by atoms with van der Waals surface area (Å²) >= 11 is 0. The molecule has 2 saturated carbocycles. The largest absolute Gasteiger partial charge is 0.495 e. The lowest BCUT2D eigenvalue weighted by Gasteiger charge is -2.12.